The van der Waals surface area contributed by atoms with E-state index in [1.807, 2.05) is 47.3 Å². The second-order valence-electron chi connectivity index (χ2n) is 7.83. The Morgan fingerprint density at radius 1 is 1.31 bits per heavy atom. The van der Waals surface area contributed by atoms with Crippen LogP contribution in [0.15, 0.2) is 35.1 Å². The van der Waals surface area contributed by atoms with E-state index in [4.69, 9.17) is 0 Å². The summed E-state index contributed by atoms with van der Waals surface area (Å²) in [6.45, 7) is 8.87. The second kappa shape index (κ2) is 7.99. The summed E-state index contributed by atoms with van der Waals surface area (Å²) in [5.74, 6) is 0.0104. The lowest BCUT2D eigenvalue weighted by Crippen LogP contribution is -2.42. The minimum atomic E-state index is -0.378. The molecule has 3 aromatic rings. The standard InChI is InChI=1S/C22H29N5O2/c1-4-18(22(29)23-14-16-9-8-12-25(16)5-2)27-19-11-7-6-10-17(19)21-24-20(28)13-15(3)26(21)27/h6-7,10-11,13,16,18H,4-5,8-9,12,14H2,1-3H3,(H,23,29). The number of carbonyl (C=O) groups excluding carboxylic acids is 1. The van der Waals surface area contributed by atoms with Gasteiger partial charge in [-0.2, -0.15) is 4.98 Å². The molecule has 1 N–H and O–H groups in total. The predicted octanol–water partition coefficient (Wildman–Crippen LogP) is 2.51. The van der Waals surface area contributed by atoms with E-state index in [-0.39, 0.29) is 17.5 Å². The molecule has 1 amide bonds. The summed E-state index contributed by atoms with van der Waals surface area (Å²) in [5.41, 5.74) is 2.02. The van der Waals surface area contributed by atoms with Crippen LogP contribution in [0.1, 0.15) is 44.8 Å². The third-order valence-corrected chi connectivity index (χ3v) is 6.09. The van der Waals surface area contributed by atoms with Gasteiger partial charge in [-0.25, -0.2) is 4.52 Å². The summed E-state index contributed by atoms with van der Waals surface area (Å²) in [6.07, 6.45) is 2.97. The summed E-state index contributed by atoms with van der Waals surface area (Å²) in [5, 5.41) is 4.07. The number of rotatable bonds is 6. The third-order valence-electron chi connectivity index (χ3n) is 6.09. The number of likely N-dealkylation sites (N-methyl/N-ethyl adjacent to an activating group) is 1. The lowest BCUT2D eigenvalue weighted by atomic mass is 10.1. The molecule has 154 valence electrons. The monoisotopic (exact) mass is 395 g/mol. The molecule has 0 aliphatic carbocycles. The van der Waals surface area contributed by atoms with Crippen LogP contribution in [0.3, 0.4) is 0 Å². The van der Waals surface area contributed by atoms with Crippen LogP contribution < -0.4 is 10.9 Å². The molecule has 7 nitrogen and oxygen atoms in total. The Balaban J connectivity index is 1.73. The second-order valence-corrected chi connectivity index (χ2v) is 7.83. The van der Waals surface area contributed by atoms with Crippen molar-refractivity contribution in [2.75, 3.05) is 19.6 Å². The highest BCUT2D eigenvalue weighted by atomic mass is 16.2. The predicted molar refractivity (Wildman–Crippen MR) is 114 cm³/mol. The molecule has 1 aliphatic heterocycles. The van der Waals surface area contributed by atoms with Crippen LogP contribution in [-0.4, -0.2) is 50.7 Å². The van der Waals surface area contributed by atoms with Crippen LogP contribution in [0.5, 0.6) is 0 Å². The molecule has 1 saturated heterocycles. The Labute approximate surface area is 170 Å². The van der Waals surface area contributed by atoms with Crippen LogP contribution in [0, 0.1) is 6.92 Å². The van der Waals surface area contributed by atoms with Gasteiger partial charge in [0.25, 0.3) is 5.56 Å². The largest absolute Gasteiger partial charge is 0.353 e. The van der Waals surface area contributed by atoms with Gasteiger partial charge in [0.2, 0.25) is 5.91 Å². The molecule has 0 bridgehead atoms. The number of fused-ring (bicyclic) bond motifs is 3. The van der Waals surface area contributed by atoms with E-state index < -0.39 is 0 Å². The summed E-state index contributed by atoms with van der Waals surface area (Å²) in [7, 11) is 0. The maximum Gasteiger partial charge on any atom is 0.273 e. The number of likely N-dealkylation sites (tertiary alicyclic amines) is 1. The number of nitrogens with zero attached hydrogens (tertiary/aromatic N) is 4. The highest BCUT2D eigenvalue weighted by molar-refractivity contribution is 5.94. The Morgan fingerprint density at radius 2 is 2.10 bits per heavy atom. The molecule has 0 saturated carbocycles. The minimum Gasteiger partial charge on any atom is -0.353 e. The Hall–Kier alpha value is -2.67. The van der Waals surface area contributed by atoms with Gasteiger partial charge >= 0.3 is 0 Å². The Bertz CT molecular complexity index is 1100. The molecule has 0 radical (unpaired) electrons. The number of para-hydroxylation sites is 1. The Morgan fingerprint density at radius 3 is 2.86 bits per heavy atom. The number of carbonyl (C=O) groups is 1. The van der Waals surface area contributed by atoms with Crippen molar-refractivity contribution in [1.29, 1.82) is 0 Å². The van der Waals surface area contributed by atoms with Gasteiger partial charge in [-0.05, 0) is 51.4 Å². The molecule has 1 aliphatic rings. The van der Waals surface area contributed by atoms with E-state index in [0.717, 1.165) is 36.1 Å². The van der Waals surface area contributed by atoms with E-state index >= 15 is 0 Å². The third kappa shape index (κ3) is 3.44. The zero-order chi connectivity index (χ0) is 20.5. The molecule has 1 fully saturated rings. The number of aromatic nitrogens is 3. The van der Waals surface area contributed by atoms with Crippen molar-refractivity contribution in [1.82, 2.24) is 24.4 Å². The maximum absolute atomic E-state index is 13.2. The number of benzene rings is 1. The number of amides is 1. The van der Waals surface area contributed by atoms with Gasteiger partial charge in [0.15, 0.2) is 5.65 Å². The number of aryl methyl sites for hydroxylation is 1. The molecule has 2 atom stereocenters. The fourth-order valence-corrected chi connectivity index (χ4v) is 4.66. The minimum absolute atomic E-state index is 0.0104. The van der Waals surface area contributed by atoms with Gasteiger partial charge in [-0.15, -0.1) is 0 Å². The molecule has 4 rings (SSSR count). The average molecular weight is 396 g/mol. The van der Waals surface area contributed by atoms with Crippen LogP contribution in [0.4, 0.5) is 0 Å². The number of hydrogen-bond donors (Lipinski definition) is 1. The zero-order valence-electron chi connectivity index (χ0n) is 17.4. The van der Waals surface area contributed by atoms with Crippen LogP contribution in [-0.2, 0) is 4.79 Å². The van der Waals surface area contributed by atoms with Crippen molar-refractivity contribution < 1.29 is 4.79 Å². The van der Waals surface area contributed by atoms with Crippen molar-refractivity contribution in [3.63, 3.8) is 0 Å². The van der Waals surface area contributed by atoms with Gasteiger partial charge in [-0.1, -0.05) is 26.0 Å². The van der Waals surface area contributed by atoms with Crippen molar-refractivity contribution in [2.45, 2.75) is 52.1 Å². The first-order valence-electron chi connectivity index (χ1n) is 10.6. The van der Waals surface area contributed by atoms with Crippen LogP contribution >= 0.6 is 0 Å². The Kier molecular flexibility index (Phi) is 5.41. The fraction of sp³-hybridized carbons (Fsp3) is 0.500. The van der Waals surface area contributed by atoms with Crippen LogP contribution in [0.25, 0.3) is 16.6 Å². The topological polar surface area (TPSA) is 71.6 Å². The van der Waals surface area contributed by atoms with E-state index in [1.54, 1.807) is 0 Å². The summed E-state index contributed by atoms with van der Waals surface area (Å²) in [4.78, 5) is 31.9. The first-order valence-corrected chi connectivity index (χ1v) is 10.6. The van der Waals surface area contributed by atoms with E-state index in [2.05, 4.69) is 22.1 Å². The highest BCUT2D eigenvalue weighted by Gasteiger charge is 2.27. The molecular weight excluding hydrogens is 366 g/mol. The highest BCUT2D eigenvalue weighted by Crippen LogP contribution is 2.26. The van der Waals surface area contributed by atoms with Crippen LogP contribution in [0.2, 0.25) is 0 Å². The van der Waals surface area contributed by atoms with E-state index in [1.165, 1.54) is 12.5 Å². The number of hydrogen-bond acceptors (Lipinski definition) is 4. The van der Waals surface area contributed by atoms with Gasteiger partial charge < -0.3 is 5.32 Å². The normalized spacial score (nSPS) is 18.5. The molecule has 3 heterocycles. The quantitative estimate of drug-likeness (QED) is 0.696. The van der Waals surface area contributed by atoms with Crippen molar-refractivity contribution >= 4 is 22.5 Å². The molecule has 29 heavy (non-hydrogen) atoms. The number of nitrogens with one attached hydrogen (secondary N) is 1. The first kappa shape index (κ1) is 19.6. The lowest BCUT2D eigenvalue weighted by molar-refractivity contribution is -0.124. The van der Waals surface area contributed by atoms with Crippen molar-refractivity contribution in [3.05, 3.63) is 46.4 Å². The van der Waals surface area contributed by atoms with E-state index in [0.29, 0.717) is 24.7 Å². The summed E-state index contributed by atoms with van der Waals surface area (Å²) >= 11 is 0. The summed E-state index contributed by atoms with van der Waals surface area (Å²) < 4.78 is 3.90. The molecule has 1 aromatic carbocycles. The van der Waals surface area contributed by atoms with Crippen molar-refractivity contribution in [3.8, 4) is 0 Å². The smallest absolute Gasteiger partial charge is 0.273 e. The van der Waals surface area contributed by atoms with Gasteiger partial charge in [-0.3, -0.25) is 19.2 Å². The molecule has 2 unspecified atom stereocenters. The molecule has 7 heteroatoms. The fourth-order valence-electron chi connectivity index (χ4n) is 4.66. The van der Waals surface area contributed by atoms with Gasteiger partial charge in [0.1, 0.15) is 6.04 Å². The lowest BCUT2D eigenvalue weighted by Gasteiger charge is -2.25. The van der Waals surface area contributed by atoms with E-state index in [9.17, 15) is 9.59 Å². The zero-order valence-corrected chi connectivity index (χ0v) is 17.4. The average Bonchev–Trinajstić information content (AvgIpc) is 3.30. The molecule has 2 aromatic heterocycles. The molecule has 0 spiro atoms. The van der Waals surface area contributed by atoms with Gasteiger partial charge in [0, 0.05) is 29.7 Å². The SMILES string of the molecule is CCC(C(=O)NCC1CCCN1CC)n1c2ccccc2c2nc(=O)cc(C)n21. The summed E-state index contributed by atoms with van der Waals surface area (Å²) in [6, 6.07) is 9.38. The first-order chi connectivity index (χ1) is 14.0. The maximum atomic E-state index is 13.2. The van der Waals surface area contributed by atoms with Gasteiger partial charge in [0.05, 0.1) is 5.52 Å². The van der Waals surface area contributed by atoms with Crippen molar-refractivity contribution in [2.24, 2.45) is 0 Å². The molecular formula is C22H29N5O2.